The average molecular weight is 226 g/mol. The Morgan fingerprint density at radius 2 is 2.13 bits per heavy atom. The molecule has 0 aliphatic carbocycles. The van der Waals surface area contributed by atoms with Crippen LogP contribution < -0.4 is 5.32 Å². The van der Waals surface area contributed by atoms with E-state index in [1.807, 2.05) is 0 Å². The molecule has 0 atom stereocenters. The normalized spacial score (nSPS) is 9.67. The van der Waals surface area contributed by atoms with Crippen LogP contribution in [0.3, 0.4) is 0 Å². The van der Waals surface area contributed by atoms with Gasteiger partial charge in [-0.25, -0.2) is 0 Å². The second kappa shape index (κ2) is 5.41. The Balaban J connectivity index is 2.52. The molecule has 0 bridgehead atoms. The van der Waals surface area contributed by atoms with E-state index in [9.17, 15) is 9.90 Å². The number of hydrogen-bond donors (Lipinski definition) is 2. The van der Waals surface area contributed by atoms with Gasteiger partial charge in [0.25, 0.3) is 0 Å². The van der Waals surface area contributed by atoms with Gasteiger partial charge in [-0.1, -0.05) is 36.4 Å². The van der Waals surface area contributed by atoms with Crippen molar-refractivity contribution < 1.29 is 9.90 Å². The van der Waals surface area contributed by atoms with Crippen LogP contribution in [0.1, 0.15) is 5.56 Å². The number of nitrogens with one attached hydrogen (secondary N) is 1. The second-order valence-corrected chi connectivity index (χ2v) is 3.63. The first-order valence-corrected chi connectivity index (χ1v) is 4.84. The van der Waals surface area contributed by atoms with E-state index in [2.05, 4.69) is 11.9 Å². The van der Waals surface area contributed by atoms with Crippen molar-refractivity contribution in [2.24, 2.45) is 0 Å². The zero-order valence-electron chi connectivity index (χ0n) is 8.16. The molecule has 0 unspecified atom stereocenters. The van der Waals surface area contributed by atoms with Crippen LogP contribution in [0.15, 0.2) is 35.9 Å². The smallest absolute Gasteiger partial charge is 0.224 e. The summed E-state index contributed by atoms with van der Waals surface area (Å²) in [6.45, 7) is 3.70. The van der Waals surface area contributed by atoms with Crippen molar-refractivity contribution in [3.05, 3.63) is 41.4 Å². The molecule has 0 radical (unpaired) electrons. The first-order valence-electron chi connectivity index (χ1n) is 4.46. The molecule has 0 fully saturated rings. The average Bonchev–Trinajstić information content (AvgIpc) is 2.18. The zero-order chi connectivity index (χ0) is 11.3. The van der Waals surface area contributed by atoms with Gasteiger partial charge in [0.1, 0.15) is 5.75 Å². The van der Waals surface area contributed by atoms with Gasteiger partial charge in [-0.3, -0.25) is 4.79 Å². The Hall–Kier alpha value is -1.48. The third-order valence-corrected chi connectivity index (χ3v) is 1.95. The minimum atomic E-state index is -0.196. The summed E-state index contributed by atoms with van der Waals surface area (Å²) < 4.78 is 0. The Kier molecular flexibility index (Phi) is 4.18. The maximum atomic E-state index is 11.3. The highest BCUT2D eigenvalue weighted by Crippen LogP contribution is 2.15. The van der Waals surface area contributed by atoms with Crippen LogP contribution in [-0.4, -0.2) is 17.6 Å². The van der Waals surface area contributed by atoms with Crippen molar-refractivity contribution in [3.8, 4) is 5.75 Å². The SMILES string of the molecule is C=C(Cl)CNC(=O)Cc1ccccc1O. The van der Waals surface area contributed by atoms with E-state index in [0.29, 0.717) is 10.6 Å². The number of para-hydroxylation sites is 1. The van der Waals surface area contributed by atoms with Gasteiger partial charge in [0, 0.05) is 10.6 Å². The highest BCUT2D eigenvalue weighted by Gasteiger charge is 2.06. The molecule has 1 aromatic rings. The monoisotopic (exact) mass is 225 g/mol. The van der Waals surface area contributed by atoms with Gasteiger partial charge in [0.15, 0.2) is 0 Å². The van der Waals surface area contributed by atoms with E-state index in [4.69, 9.17) is 11.6 Å². The molecule has 0 heterocycles. The van der Waals surface area contributed by atoms with Gasteiger partial charge < -0.3 is 10.4 Å². The van der Waals surface area contributed by atoms with Crippen LogP contribution in [0.25, 0.3) is 0 Å². The molecule has 0 aliphatic heterocycles. The van der Waals surface area contributed by atoms with E-state index in [1.54, 1.807) is 24.3 Å². The predicted octanol–water partition coefficient (Wildman–Crippen LogP) is 1.80. The molecule has 4 heteroatoms. The Bertz CT molecular complexity index is 377. The van der Waals surface area contributed by atoms with Gasteiger partial charge in [-0.05, 0) is 6.07 Å². The molecule has 0 spiro atoms. The van der Waals surface area contributed by atoms with Gasteiger partial charge >= 0.3 is 0 Å². The molecule has 15 heavy (non-hydrogen) atoms. The number of phenols is 1. The van der Waals surface area contributed by atoms with Gasteiger partial charge in [0.05, 0.1) is 13.0 Å². The number of carbonyl (C=O) groups is 1. The van der Waals surface area contributed by atoms with Crippen molar-refractivity contribution in [2.75, 3.05) is 6.54 Å². The molecule has 0 saturated heterocycles. The Morgan fingerprint density at radius 1 is 1.47 bits per heavy atom. The maximum absolute atomic E-state index is 11.3. The summed E-state index contributed by atoms with van der Waals surface area (Å²) in [6.07, 6.45) is 0.136. The molecular weight excluding hydrogens is 214 g/mol. The molecular formula is C11H12ClNO2. The van der Waals surface area contributed by atoms with Crippen molar-refractivity contribution in [1.82, 2.24) is 5.32 Å². The highest BCUT2D eigenvalue weighted by atomic mass is 35.5. The van der Waals surface area contributed by atoms with Gasteiger partial charge in [-0.2, -0.15) is 0 Å². The van der Waals surface area contributed by atoms with Crippen LogP contribution in [0.2, 0.25) is 0 Å². The van der Waals surface area contributed by atoms with Crippen LogP contribution in [0.5, 0.6) is 5.75 Å². The van der Waals surface area contributed by atoms with E-state index >= 15 is 0 Å². The fourth-order valence-corrected chi connectivity index (χ4v) is 1.16. The Labute approximate surface area is 93.4 Å². The predicted molar refractivity (Wildman–Crippen MR) is 59.8 cm³/mol. The molecule has 1 amide bonds. The zero-order valence-corrected chi connectivity index (χ0v) is 8.92. The third-order valence-electron chi connectivity index (χ3n) is 1.82. The van der Waals surface area contributed by atoms with Crippen LogP contribution in [-0.2, 0) is 11.2 Å². The molecule has 80 valence electrons. The third kappa shape index (κ3) is 4.04. The van der Waals surface area contributed by atoms with Crippen molar-refractivity contribution in [3.63, 3.8) is 0 Å². The molecule has 1 aromatic carbocycles. The fourth-order valence-electron chi connectivity index (χ4n) is 1.09. The van der Waals surface area contributed by atoms with Gasteiger partial charge in [-0.15, -0.1) is 0 Å². The minimum Gasteiger partial charge on any atom is -0.508 e. The summed E-state index contributed by atoms with van der Waals surface area (Å²) in [6, 6.07) is 6.72. The molecule has 0 aromatic heterocycles. The van der Waals surface area contributed by atoms with E-state index in [1.165, 1.54) is 0 Å². The molecule has 2 N–H and O–H groups in total. The van der Waals surface area contributed by atoms with Crippen LogP contribution in [0, 0.1) is 0 Å². The van der Waals surface area contributed by atoms with Crippen LogP contribution in [0.4, 0.5) is 0 Å². The Morgan fingerprint density at radius 3 is 2.73 bits per heavy atom. The number of phenolic OH excluding ortho intramolecular Hbond substituents is 1. The lowest BCUT2D eigenvalue weighted by atomic mass is 10.1. The summed E-state index contributed by atoms with van der Waals surface area (Å²) in [5, 5.41) is 12.4. The lowest BCUT2D eigenvalue weighted by Gasteiger charge is -2.05. The second-order valence-electron chi connectivity index (χ2n) is 3.10. The topological polar surface area (TPSA) is 49.3 Å². The lowest BCUT2D eigenvalue weighted by Crippen LogP contribution is -2.26. The number of rotatable bonds is 4. The maximum Gasteiger partial charge on any atom is 0.224 e. The molecule has 3 nitrogen and oxygen atoms in total. The quantitative estimate of drug-likeness (QED) is 0.821. The number of carbonyl (C=O) groups excluding carboxylic acids is 1. The van der Waals surface area contributed by atoms with E-state index in [-0.39, 0.29) is 24.6 Å². The van der Waals surface area contributed by atoms with Crippen LogP contribution >= 0.6 is 11.6 Å². The summed E-state index contributed by atoms with van der Waals surface area (Å²) in [5.74, 6) is -0.0735. The number of hydrogen-bond acceptors (Lipinski definition) is 2. The molecule has 0 aliphatic rings. The number of halogens is 1. The highest BCUT2D eigenvalue weighted by molar-refractivity contribution is 6.29. The largest absolute Gasteiger partial charge is 0.508 e. The standard InChI is InChI=1S/C11H12ClNO2/c1-8(12)7-13-11(15)6-9-4-2-3-5-10(9)14/h2-5,14H,1,6-7H2,(H,13,15). The van der Waals surface area contributed by atoms with E-state index in [0.717, 1.165) is 0 Å². The number of amides is 1. The number of aromatic hydroxyl groups is 1. The summed E-state index contributed by atoms with van der Waals surface area (Å²) in [4.78, 5) is 11.3. The summed E-state index contributed by atoms with van der Waals surface area (Å²) in [7, 11) is 0. The summed E-state index contributed by atoms with van der Waals surface area (Å²) >= 11 is 5.50. The van der Waals surface area contributed by atoms with Crippen molar-refractivity contribution >= 4 is 17.5 Å². The lowest BCUT2D eigenvalue weighted by molar-refractivity contribution is -0.120. The van der Waals surface area contributed by atoms with E-state index < -0.39 is 0 Å². The molecule has 1 rings (SSSR count). The minimum absolute atomic E-state index is 0.123. The van der Waals surface area contributed by atoms with Crippen molar-refractivity contribution in [2.45, 2.75) is 6.42 Å². The first-order chi connectivity index (χ1) is 7.09. The fraction of sp³-hybridized carbons (Fsp3) is 0.182. The van der Waals surface area contributed by atoms with Gasteiger partial charge in [0.2, 0.25) is 5.91 Å². The first kappa shape index (κ1) is 11.6. The number of benzene rings is 1. The summed E-state index contributed by atoms with van der Waals surface area (Å²) in [5.41, 5.74) is 0.593. The molecule has 0 saturated carbocycles. The van der Waals surface area contributed by atoms with Crippen molar-refractivity contribution in [1.29, 1.82) is 0 Å².